The summed E-state index contributed by atoms with van der Waals surface area (Å²) in [5.41, 5.74) is 5.52. The molecule has 0 saturated heterocycles. The van der Waals surface area contributed by atoms with E-state index in [0.717, 1.165) is 11.3 Å². The molecule has 1 rings (SSSR count). The van der Waals surface area contributed by atoms with Crippen LogP contribution in [-0.2, 0) is 6.42 Å². The van der Waals surface area contributed by atoms with Crippen LogP contribution in [0.1, 0.15) is 18.9 Å². The van der Waals surface area contributed by atoms with Crippen molar-refractivity contribution in [3.05, 3.63) is 28.8 Å². The fourth-order valence-electron chi connectivity index (χ4n) is 1.69. The highest BCUT2D eigenvalue weighted by molar-refractivity contribution is 6.30. The monoisotopic (exact) mass is 243 g/mol. The van der Waals surface area contributed by atoms with Gasteiger partial charge in [0.1, 0.15) is 5.75 Å². The molecule has 0 spiro atoms. The Balaban J connectivity index is 2.90. The molecule has 0 saturated carbocycles. The molecule has 0 heterocycles. The number of rotatable bonds is 5. The maximum Gasteiger partial charge on any atom is 0.122 e. The molecule has 16 heavy (non-hydrogen) atoms. The second-order valence-electron chi connectivity index (χ2n) is 4.17. The van der Waals surface area contributed by atoms with Crippen molar-refractivity contribution in [1.29, 1.82) is 0 Å². The van der Waals surface area contributed by atoms with Gasteiger partial charge in [-0.25, -0.2) is 0 Å². The molecule has 1 aromatic rings. The van der Waals surface area contributed by atoms with E-state index in [1.807, 2.05) is 6.07 Å². The van der Waals surface area contributed by atoms with Crippen molar-refractivity contribution in [2.75, 3.05) is 13.7 Å². The lowest BCUT2D eigenvalue weighted by Crippen LogP contribution is -2.30. The summed E-state index contributed by atoms with van der Waals surface area (Å²) in [4.78, 5) is 0. The number of aliphatic hydroxyl groups is 1. The zero-order valence-electron chi connectivity index (χ0n) is 9.66. The van der Waals surface area contributed by atoms with Gasteiger partial charge in [0.2, 0.25) is 0 Å². The van der Waals surface area contributed by atoms with E-state index in [9.17, 15) is 5.11 Å². The maximum absolute atomic E-state index is 10.1. The van der Waals surface area contributed by atoms with Gasteiger partial charge in [-0.3, -0.25) is 0 Å². The molecule has 1 aromatic carbocycles. The van der Waals surface area contributed by atoms with Crippen LogP contribution in [0.2, 0.25) is 5.02 Å². The first-order valence-electron chi connectivity index (χ1n) is 5.23. The van der Waals surface area contributed by atoms with Crippen molar-refractivity contribution in [2.45, 2.75) is 25.4 Å². The Morgan fingerprint density at radius 2 is 2.19 bits per heavy atom. The van der Waals surface area contributed by atoms with Gasteiger partial charge in [0.15, 0.2) is 0 Å². The quantitative estimate of drug-likeness (QED) is 0.832. The van der Waals surface area contributed by atoms with Crippen LogP contribution in [0.3, 0.4) is 0 Å². The van der Waals surface area contributed by atoms with Crippen LogP contribution in [0.5, 0.6) is 5.75 Å². The number of ether oxygens (including phenoxy) is 1. The number of hydrogen-bond acceptors (Lipinski definition) is 3. The largest absolute Gasteiger partial charge is 0.496 e. The molecular formula is C12H18ClNO2. The first-order chi connectivity index (χ1) is 7.48. The van der Waals surface area contributed by atoms with E-state index in [-0.39, 0.29) is 0 Å². The topological polar surface area (TPSA) is 55.5 Å². The predicted octanol–water partition coefficient (Wildman–Crippen LogP) is 1.99. The van der Waals surface area contributed by atoms with Crippen molar-refractivity contribution in [1.82, 2.24) is 0 Å². The molecule has 0 aliphatic carbocycles. The highest BCUT2D eigenvalue weighted by atomic mass is 35.5. The minimum Gasteiger partial charge on any atom is -0.496 e. The van der Waals surface area contributed by atoms with Crippen molar-refractivity contribution >= 4 is 11.6 Å². The van der Waals surface area contributed by atoms with Crippen molar-refractivity contribution in [3.8, 4) is 5.75 Å². The van der Waals surface area contributed by atoms with Crippen LogP contribution in [0.25, 0.3) is 0 Å². The molecule has 1 unspecified atom stereocenters. The second-order valence-corrected chi connectivity index (χ2v) is 4.60. The highest BCUT2D eigenvalue weighted by Gasteiger charge is 2.21. The first-order valence-corrected chi connectivity index (χ1v) is 5.61. The van der Waals surface area contributed by atoms with Crippen molar-refractivity contribution < 1.29 is 9.84 Å². The smallest absolute Gasteiger partial charge is 0.122 e. The van der Waals surface area contributed by atoms with Gasteiger partial charge >= 0.3 is 0 Å². The summed E-state index contributed by atoms with van der Waals surface area (Å²) in [6.07, 6.45) is 1.02. The van der Waals surface area contributed by atoms with Gasteiger partial charge in [-0.1, -0.05) is 11.6 Å². The SMILES string of the molecule is COc1ccc(Cl)cc1CC(C)(O)CCN. The average molecular weight is 244 g/mol. The molecule has 0 aromatic heterocycles. The van der Waals surface area contributed by atoms with Crippen LogP contribution < -0.4 is 10.5 Å². The van der Waals surface area contributed by atoms with Crippen LogP contribution in [0, 0.1) is 0 Å². The molecular weight excluding hydrogens is 226 g/mol. The lowest BCUT2D eigenvalue weighted by Gasteiger charge is -2.23. The molecule has 3 N–H and O–H groups in total. The molecule has 0 aliphatic heterocycles. The molecule has 0 fully saturated rings. The Morgan fingerprint density at radius 3 is 2.75 bits per heavy atom. The van der Waals surface area contributed by atoms with Gasteiger partial charge in [-0.05, 0) is 43.7 Å². The standard InChI is InChI=1S/C12H18ClNO2/c1-12(15,5-6-14)8-9-7-10(13)3-4-11(9)16-2/h3-4,7,15H,5-6,8,14H2,1-2H3. The highest BCUT2D eigenvalue weighted by Crippen LogP contribution is 2.27. The molecule has 0 amide bonds. The normalized spacial score (nSPS) is 14.6. The molecule has 4 heteroatoms. The summed E-state index contributed by atoms with van der Waals surface area (Å²) in [5, 5.41) is 10.7. The molecule has 0 radical (unpaired) electrons. The Hall–Kier alpha value is -0.770. The predicted molar refractivity (Wildman–Crippen MR) is 66.0 cm³/mol. The Morgan fingerprint density at radius 1 is 1.50 bits per heavy atom. The van der Waals surface area contributed by atoms with E-state index < -0.39 is 5.60 Å². The number of methoxy groups -OCH3 is 1. The maximum atomic E-state index is 10.1. The summed E-state index contributed by atoms with van der Waals surface area (Å²) in [6.45, 7) is 2.22. The van der Waals surface area contributed by atoms with Crippen LogP contribution in [0.15, 0.2) is 18.2 Å². The third-order valence-corrected chi connectivity index (χ3v) is 2.73. The minimum absolute atomic E-state index is 0.454. The van der Waals surface area contributed by atoms with Gasteiger partial charge in [0.25, 0.3) is 0 Å². The van der Waals surface area contributed by atoms with E-state index in [2.05, 4.69) is 0 Å². The third-order valence-electron chi connectivity index (χ3n) is 2.50. The van der Waals surface area contributed by atoms with E-state index in [0.29, 0.717) is 24.4 Å². The van der Waals surface area contributed by atoms with E-state index >= 15 is 0 Å². The molecule has 0 bridgehead atoms. The number of hydrogen-bond donors (Lipinski definition) is 2. The summed E-state index contributed by atoms with van der Waals surface area (Å²) in [7, 11) is 1.60. The Bertz CT molecular complexity index is 353. The van der Waals surface area contributed by atoms with E-state index in [1.165, 1.54) is 0 Å². The van der Waals surface area contributed by atoms with Gasteiger partial charge in [-0.15, -0.1) is 0 Å². The number of nitrogens with two attached hydrogens (primary N) is 1. The van der Waals surface area contributed by atoms with E-state index in [1.54, 1.807) is 26.2 Å². The van der Waals surface area contributed by atoms with Gasteiger partial charge in [-0.2, -0.15) is 0 Å². The summed E-state index contributed by atoms with van der Waals surface area (Å²) in [6, 6.07) is 5.38. The van der Waals surface area contributed by atoms with Crippen LogP contribution in [-0.4, -0.2) is 24.4 Å². The van der Waals surface area contributed by atoms with E-state index in [4.69, 9.17) is 22.1 Å². The zero-order valence-corrected chi connectivity index (χ0v) is 10.4. The van der Waals surface area contributed by atoms with Crippen LogP contribution >= 0.6 is 11.6 Å². The lowest BCUT2D eigenvalue weighted by molar-refractivity contribution is 0.0533. The fraction of sp³-hybridized carbons (Fsp3) is 0.500. The summed E-state index contributed by atoms with van der Waals surface area (Å²) >= 11 is 5.92. The molecule has 3 nitrogen and oxygen atoms in total. The fourth-order valence-corrected chi connectivity index (χ4v) is 1.89. The van der Waals surface area contributed by atoms with Gasteiger partial charge in [0.05, 0.1) is 12.7 Å². The summed E-state index contributed by atoms with van der Waals surface area (Å²) in [5.74, 6) is 0.738. The average Bonchev–Trinajstić information content (AvgIpc) is 2.17. The van der Waals surface area contributed by atoms with Gasteiger partial charge in [0, 0.05) is 11.4 Å². The Labute approximate surface area is 101 Å². The molecule has 90 valence electrons. The van der Waals surface area contributed by atoms with Crippen molar-refractivity contribution in [2.24, 2.45) is 5.73 Å². The minimum atomic E-state index is -0.827. The zero-order chi connectivity index (χ0) is 12.2. The lowest BCUT2D eigenvalue weighted by atomic mass is 9.93. The molecule has 0 aliphatic rings. The first kappa shape index (κ1) is 13.3. The third kappa shape index (κ3) is 3.67. The number of benzene rings is 1. The van der Waals surface area contributed by atoms with Crippen molar-refractivity contribution in [3.63, 3.8) is 0 Å². The molecule has 1 atom stereocenters. The second kappa shape index (κ2) is 5.53. The summed E-state index contributed by atoms with van der Waals surface area (Å²) < 4.78 is 5.22. The Kier molecular flexibility index (Phi) is 4.59. The van der Waals surface area contributed by atoms with Gasteiger partial charge < -0.3 is 15.6 Å². The van der Waals surface area contributed by atoms with Crippen LogP contribution in [0.4, 0.5) is 0 Å². The number of halogens is 1.